The van der Waals surface area contributed by atoms with Crippen LogP contribution in [0.5, 0.6) is 11.5 Å². The minimum absolute atomic E-state index is 0.363. The zero-order valence-electron chi connectivity index (χ0n) is 11.4. The Morgan fingerprint density at radius 3 is 2.65 bits per heavy atom. The summed E-state index contributed by atoms with van der Waals surface area (Å²) in [4.78, 5) is 8.11. The number of benzene rings is 1. The molecule has 0 radical (unpaired) electrons. The predicted octanol–water partition coefficient (Wildman–Crippen LogP) is 1.39. The first-order valence-corrected chi connectivity index (χ1v) is 6.01. The van der Waals surface area contributed by atoms with Gasteiger partial charge in [-0.1, -0.05) is 6.07 Å². The number of anilines is 2. The zero-order chi connectivity index (χ0) is 14.4. The average molecular weight is 275 g/mol. The van der Waals surface area contributed by atoms with Gasteiger partial charge in [-0.25, -0.2) is 10.8 Å². The van der Waals surface area contributed by atoms with Gasteiger partial charge in [0, 0.05) is 12.7 Å². The molecule has 0 bridgehead atoms. The highest BCUT2D eigenvalue weighted by atomic mass is 16.5. The van der Waals surface area contributed by atoms with Gasteiger partial charge in [-0.05, 0) is 23.8 Å². The molecule has 0 aliphatic rings. The first-order chi connectivity index (χ1) is 9.76. The van der Waals surface area contributed by atoms with Gasteiger partial charge in [-0.3, -0.25) is 5.43 Å². The third kappa shape index (κ3) is 3.27. The van der Waals surface area contributed by atoms with E-state index in [1.807, 2.05) is 18.2 Å². The van der Waals surface area contributed by atoms with Crippen LogP contribution in [0.3, 0.4) is 0 Å². The minimum atomic E-state index is 0.363. The maximum absolute atomic E-state index is 5.26. The van der Waals surface area contributed by atoms with Crippen LogP contribution in [0.4, 0.5) is 11.8 Å². The first-order valence-electron chi connectivity index (χ1n) is 6.01. The van der Waals surface area contributed by atoms with Crippen molar-refractivity contribution in [2.24, 2.45) is 5.84 Å². The normalized spacial score (nSPS) is 9.95. The molecule has 1 aromatic carbocycles. The number of ether oxygens (including phenoxy) is 2. The molecule has 1 aromatic heterocycles. The Morgan fingerprint density at radius 2 is 1.95 bits per heavy atom. The minimum Gasteiger partial charge on any atom is -0.493 e. The second-order valence-electron chi connectivity index (χ2n) is 3.95. The first kappa shape index (κ1) is 13.9. The number of hydrogen-bond acceptors (Lipinski definition) is 7. The van der Waals surface area contributed by atoms with Gasteiger partial charge in [0.05, 0.1) is 14.2 Å². The van der Waals surface area contributed by atoms with Gasteiger partial charge in [0.1, 0.15) is 5.82 Å². The predicted molar refractivity (Wildman–Crippen MR) is 76.7 cm³/mol. The number of methoxy groups -OCH3 is 2. The summed E-state index contributed by atoms with van der Waals surface area (Å²) in [7, 11) is 3.22. The summed E-state index contributed by atoms with van der Waals surface area (Å²) in [5.74, 6) is 7.70. The van der Waals surface area contributed by atoms with Gasteiger partial charge in [-0.15, -0.1) is 0 Å². The highest BCUT2D eigenvalue weighted by Gasteiger charge is 2.05. The summed E-state index contributed by atoms with van der Waals surface area (Å²) in [6.45, 7) is 0.599. The molecule has 106 valence electrons. The quantitative estimate of drug-likeness (QED) is 0.541. The summed E-state index contributed by atoms with van der Waals surface area (Å²) in [6.07, 6.45) is 1.62. The molecule has 0 aliphatic carbocycles. The number of hydrazine groups is 1. The van der Waals surface area contributed by atoms with Gasteiger partial charge >= 0.3 is 0 Å². The van der Waals surface area contributed by atoms with Crippen molar-refractivity contribution in [2.45, 2.75) is 6.54 Å². The van der Waals surface area contributed by atoms with Gasteiger partial charge in [-0.2, -0.15) is 4.98 Å². The SMILES string of the molecule is COc1ccc(CNc2ccnc(NN)n2)cc1OC. The number of nitrogens with zero attached hydrogens (tertiary/aromatic N) is 2. The van der Waals surface area contributed by atoms with Crippen LogP contribution in [-0.4, -0.2) is 24.2 Å². The fourth-order valence-corrected chi connectivity index (χ4v) is 1.71. The third-order valence-corrected chi connectivity index (χ3v) is 2.71. The van der Waals surface area contributed by atoms with E-state index in [0.29, 0.717) is 29.8 Å². The summed E-state index contributed by atoms with van der Waals surface area (Å²) >= 11 is 0. The Morgan fingerprint density at radius 1 is 1.15 bits per heavy atom. The Hall–Kier alpha value is -2.54. The van der Waals surface area contributed by atoms with Crippen LogP contribution in [0.25, 0.3) is 0 Å². The molecule has 1 heterocycles. The molecular formula is C13H17N5O2. The van der Waals surface area contributed by atoms with Crippen molar-refractivity contribution < 1.29 is 9.47 Å². The molecule has 0 atom stereocenters. The summed E-state index contributed by atoms with van der Waals surface area (Å²) in [5, 5.41) is 3.18. The summed E-state index contributed by atoms with van der Waals surface area (Å²) in [6, 6.07) is 7.50. The smallest absolute Gasteiger partial charge is 0.239 e. The Bertz CT molecular complexity index is 576. The monoisotopic (exact) mass is 275 g/mol. The fraction of sp³-hybridized carbons (Fsp3) is 0.231. The third-order valence-electron chi connectivity index (χ3n) is 2.71. The van der Waals surface area contributed by atoms with E-state index in [-0.39, 0.29) is 0 Å². The Kier molecular flexibility index (Phi) is 4.56. The summed E-state index contributed by atoms with van der Waals surface area (Å²) in [5.41, 5.74) is 3.45. The second kappa shape index (κ2) is 6.58. The zero-order valence-corrected chi connectivity index (χ0v) is 11.4. The van der Waals surface area contributed by atoms with Gasteiger partial charge in [0.25, 0.3) is 0 Å². The highest BCUT2D eigenvalue weighted by Crippen LogP contribution is 2.27. The molecule has 7 heteroatoms. The van der Waals surface area contributed by atoms with Gasteiger partial charge in [0.2, 0.25) is 5.95 Å². The lowest BCUT2D eigenvalue weighted by molar-refractivity contribution is 0.354. The molecule has 0 unspecified atom stereocenters. The number of aromatic nitrogens is 2. The molecule has 0 saturated carbocycles. The molecule has 2 aromatic rings. The number of rotatable bonds is 6. The number of nitrogen functional groups attached to an aromatic ring is 1. The maximum Gasteiger partial charge on any atom is 0.239 e. The lowest BCUT2D eigenvalue weighted by Gasteiger charge is -2.10. The van der Waals surface area contributed by atoms with Crippen molar-refractivity contribution in [2.75, 3.05) is 25.0 Å². The molecule has 4 N–H and O–H groups in total. The Labute approximate surface area is 117 Å². The van der Waals surface area contributed by atoms with E-state index in [1.54, 1.807) is 26.5 Å². The van der Waals surface area contributed by atoms with E-state index in [4.69, 9.17) is 15.3 Å². The second-order valence-corrected chi connectivity index (χ2v) is 3.95. The van der Waals surface area contributed by atoms with Crippen molar-refractivity contribution in [1.82, 2.24) is 9.97 Å². The van der Waals surface area contributed by atoms with Gasteiger partial charge < -0.3 is 14.8 Å². The van der Waals surface area contributed by atoms with Crippen molar-refractivity contribution in [1.29, 1.82) is 0 Å². The number of nitrogens with two attached hydrogens (primary N) is 1. The molecule has 2 rings (SSSR count). The lowest BCUT2D eigenvalue weighted by atomic mass is 10.2. The lowest BCUT2D eigenvalue weighted by Crippen LogP contribution is -2.11. The molecule has 7 nitrogen and oxygen atoms in total. The van der Waals surface area contributed by atoms with E-state index >= 15 is 0 Å². The maximum atomic E-state index is 5.26. The molecule has 0 amide bonds. The van der Waals surface area contributed by atoms with Crippen molar-refractivity contribution in [3.63, 3.8) is 0 Å². The van der Waals surface area contributed by atoms with E-state index in [0.717, 1.165) is 5.56 Å². The summed E-state index contributed by atoms with van der Waals surface area (Å²) < 4.78 is 10.5. The van der Waals surface area contributed by atoms with E-state index in [2.05, 4.69) is 20.7 Å². The molecule has 0 fully saturated rings. The average Bonchev–Trinajstić information content (AvgIpc) is 2.52. The largest absolute Gasteiger partial charge is 0.493 e. The van der Waals surface area contributed by atoms with Crippen LogP contribution in [0.15, 0.2) is 30.5 Å². The van der Waals surface area contributed by atoms with Gasteiger partial charge in [0.15, 0.2) is 11.5 Å². The number of nitrogens with one attached hydrogen (secondary N) is 2. The fourth-order valence-electron chi connectivity index (χ4n) is 1.71. The van der Waals surface area contributed by atoms with Crippen LogP contribution >= 0.6 is 0 Å². The molecule has 0 saturated heterocycles. The van der Waals surface area contributed by atoms with Crippen LogP contribution in [0.2, 0.25) is 0 Å². The molecular weight excluding hydrogens is 258 g/mol. The van der Waals surface area contributed by atoms with Crippen LogP contribution in [0, 0.1) is 0 Å². The molecule has 0 spiro atoms. The van der Waals surface area contributed by atoms with E-state index in [1.165, 1.54) is 0 Å². The van der Waals surface area contributed by atoms with Crippen LogP contribution < -0.4 is 26.1 Å². The van der Waals surface area contributed by atoms with Crippen LogP contribution in [0.1, 0.15) is 5.56 Å². The molecule has 20 heavy (non-hydrogen) atoms. The standard InChI is InChI=1S/C13H17N5O2/c1-19-10-4-3-9(7-11(10)20-2)8-16-12-5-6-15-13(17-12)18-14/h3-7H,8,14H2,1-2H3,(H2,15,16,17,18). The van der Waals surface area contributed by atoms with Crippen LogP contribution in [-0.2, 0) is 6.54 Å². The molecule has 0 aliphatic heterocycles. The Balaban J connectivity index is 2.06. The van der Waals surface area contributed by atoms with E-state index < -0.39 is 0 Å². The topological polar surface area (TPSA) is 94.3 Å². The van der Waals surface area contributed by atoms with Crippen molar-refractivity contribution >= 4 is 11.8 Å². The van der Waals surface area contributed by atoms with E-state index in [9.17, 15) is 0 Å². The highest BCUT2D eigenvalue weighted by molar-refractivity contribution is 5.45. The van der Waals surface area contributed by atoms with Crippen molar-refractivity contribution in [3.8, 4) is 11.5 Å². The number of hydrogen-bond donors (Lipinski definition) is 3. The van der Waals surface area contributed by atoms with Crippen molar-refractivity contribution in [3.05, 3.63) is 36.0 Å².